The number of hydrogen-bond donors (Lipinski definition) is 2. The van der Waals surface area contributed by atoms with E-state index in [-0.39, 0.29) is 30.9 Å². The number of nitrogen functional groups attached to an aromatic ring is 1. The summed E-state index contributed by atoms with van der Waals surface area (Å²) in [7, 11) is 0. The second-order valence-corrected chi connectivity index (χ2v) is 8.01. The molecule has 0 amide bonds. The molecule has 0 radical (unpaired) electrons. The average Bonchev–Trinajstić information content (AvgIpc) is 3.25. The number of nitrogens with one attached hydrogen (secondary N) is 1. The Kier molecular flexibility index (Phi) is 3.84. The van der Waals surface area contributed by atoms with Gasteiger partial charge in [-0.15, -0.1) is 0 Å². The molecular formula is C17H23N5O6. The van der Waals surface area contributed by atoms with E-state index in [0.717, 1.165) is 0 Å². The van der Waals surface area contributed by atoms with E-state index in [0.29, 0.717) is 17.0 Å². The van der Waals surface area contributed by atoms with Gasteiger partial charge in [0.2, 0.25) is 11.8 Å². The summed E-state index contributed by atoms with van der Waals surface area (Å²) in [5.41, 5.74) is 6.74. The fourth-order valence-corrected chi connectivity index (χ4v) is 3.92. The highest BCUT2D eigenvalue weighted by Crippen LogP contribution is 2.44. The minimum Gasteiger partial charge on any atom is -0.473 e. The van der Waals surface area contributed by atoms with Crippen LogP contribution in [0, 0.1) is 0 Å². The van der Waals surface area contributed by atoms with E-state index in [1.54, 1.807) is 0 Å². The van der Waals surface area contributed by atoms with Crippen LogP contribution in [0.1, 0.15) is 27.7 Å². The predicted molar refractivity (Wildman–Crippen MR) is 94.1 cm³/mol. The normalized spacial score (nSPS) is 35.6. The summed E-state index contributed by atoms with van der Waals surface area (Å²) in [5, 5.41) is 0. The Balaban J connectivity index is 1.39. The van der Waals surface area contributed by atoms with E-state index in [9.17, 15) is 0 Å². The molecule has 3 aliphatic rings. The van der Waals surface area contributed by atoms with Crippen LogP contribution in [0.3, 0.4) is 0 Å². The number of rotatable bonds is 3. The van der Waals surface area contributed by atoms with Gasteiger partial charge in [0.15, 0.2) is 23.5 Å². The van der Waals surface area contributed by atoms with E-state index in [1.807, 2.05) is 27.7 Å². The van der Waals surface area contributed by atoms with Gasteiger partial charge in [-0.25, -0.2) is 4.98 Å². The lowest BCUT2D eigenvalue weighted by atomic mass is 9.99. The summed E-state index contributed by atoms with van der Waals surface area (Å²) in [6.07, 6.45) is -0.639. The molecule has 2 aromatic rings. The van der Waals surface area contributed by atoms with E-state index in [2.05, 4.69) is 19.9 Å². The largest absolute Gasteiger partial charge is 0.473 e. The lowest BCUT2D eigenvalue weighted by Crippen LogP contribution is -2.56. The maximum absolute atomic E-state index is 6.12. The van der Waals surface area contributed by atoms with Gasteiger partial charge in [-0.3, -0.25) is 0 Å². The Labute approximate surface area is 160 Å². The fraction of sp³-hybridized carbons (Fsp3) is 0.706. The number of imidazole rings is 1. The maximum atomic E-state index is 6.12. The molecule has 0 aromatic carbocycles. The van der Waals surface area contributed by atoms with Gasteiger partial charge in [-0.05, 0) is 27.7 Å². The van der Waals surface area contributed by atoms with Gasteiger partial charge in [0.05, 0.1) is 6.33 Å². The second kappa shape index (κ2) is 5.97. The molecule has 5 heterocycles. The molecule has 5 rings (SSSR count). The van der Waals surface area contributed by atoms with Crippen molar-refractivity contribution >= 4 is 17.1 Å². The summed E-state index contributed by atoms with van der Waals surface area (Å²) in [4.78, 5) is 15.2. The van der Waals surface area contributed by atoms with Crippen LogP contribution in [0.2, 0.25) is 0 Å². The topological polar surface area (TPSA) is 136 Å². The van der Waals surface area contributed by atoms with Gasteiger partial charge < -0.3 is 39.1 Å². The first-order chi connectivity index (χ1) is 13.2. The molecule has 152 valence electrons. The van der Waals surface area contributed by atoms with Crippen molar-refractivity contribution in [3.63, 3.8) is 0 Å². The predicted octanol–water partition coefficient (Wildman–Crippen LogP) is 0.710. The van der Waals surface area contributed by atoms with Crippen molar-refractivity contribution in [1.29, 1.82) is 0 Å². The monoisotopic (exact) mass is 393 g/mol. The molecule has 5 atom stereocenters. The minimum absolute atomic E-state index is 0.0768. The first-order valence-corrected chi connectivity index (χ1v) is 9.17. The molecule has 11 nitrogen and oxygen atoms in total. The highest BCUT2D eigenvalue weighted by molar-refractivity contribution is 5.76. The molecule has 0 bridgehead atoms. The molecule has 0 saturated carbocycles. The lowest BCUT2D eigenvalue weighted by Gasteiger charge is -2.36. The molecule has 3 fully saturated rings. The van der Waals surface area contributed by atoms with Crippen molar-refractivity contribution in [3.8, 4) is 5.88 Å². The van der Waals surface area contributed by atoms with Gasteiger partial charge >= 0.3 is 0 Å². The van der Waals surface area contributed by atoms with Crippen LogP contribution < -0.4 is 10.5 Å². The van der Waals surface area contributed by atoms with Gasteiger partial charge in [0.25, 0.3) is 0 Å². The van der Waals surface area contributed by atoms with Crippen LogP contribution in [0.25, 0.3) is 11.2 Å². The molecule has 0 spiro atoms. The molecule has 3 saturated heterocycles. The van der Waals surface area contributed by atoms with Crippen molar-refractivity contribution in [1.82, 2.24) is 19.9 Å². The number of aromatic amines is 1. The number of aromatic nitrogens is 4. The fourth-order valence-electron chi connectivity index (χ4n) is 3.92. The molecule has 11 heteroatoms. The third-order valence-electron chi connectivity index (χ3n) is 4.90. The minimum atomic E-state index is -0.769. The van der Waals surface area contributed by atoms with Crippen LogP contribution in [0.15, 0.2) is 6.33 Å². The highest BCUT2D eigenvalue weighted by Gasteiger charge is 2.60. The van der Waals surface area contributed by atoms with Gasteiger partial charge in [0.1, 0.15) is 36.5 Å². The zero-order valence-corrected chi connectivity index (χ0v) is 16.0. The van der Waals surface area contributed by atoms with E-state index in [1.165, 1.54) is 6.33 Å². The zero-order chi connectivity index (χ0) is 19.7. The molecular weight excluding hydrogens is 370 g/mol. The Morgan fingerprint density at radius 1 is 1.04 bits per heavy atom. The smallest absolute Gasteiger partial charge is 0.245 e. The van der Waals surface area contributed by atoms with Crippen molar-refractivity contribution in [2.24, 2.45) is 0 Å². The zero-order valence-electron chi connectivity index (χ0n) is 16.0. The van der Waals surface area contributed by atoms with Crippen molar-refractivity contribution < 1.29 is 28.4 Å². The van der Waals surface area contributed by atoms with Crippen LogP contribution >= 0.6 is 0 Å². The SMILES string of the molecule is CC1(C)OC2OC(COc3nc(N)nc4nc[nH]c34)C3OC(C)(C)OC3C2O1. The number of nitrogens with zero attached hydrogens (tertiary/aromatic N) is 3. The summed E-state index contributed by atoms with van der Waals surface area (Å²) in [6.45, 7) is 7.55. The lowest BCUT2D eigenvalue weighted by molar-refractivity contribution is -0.238. The van der Waals surface area contributed by atoms with Gasteiger partial charge in [0, 0.05) is 0 Å². The number of fused-ring (bicyclic) bond motifs is 4. The summed E-state index contributed by atoms with van der Waals surface area (Å²) in [6, 6.07) is 0. The molecule has 5 unspecified atom stereocenters. The Hall–Kier alpha value is -2.05. The van der Waals surface area contributed by atoms with E-state index in [4.69, 9.17) is 34.2 Å². The maximum Gasteiger partial charge on any atom is 0.245 e. The number of nitrogens with two attached hydrogens (primary N) is 1. The van der Waals surface area contributed by atoms with E-state index < -0.39 is 24.0 Å². The van der Waals surface area contributed by atoms with Crippen LogP contribution in [-0.4, -0.2) is 68.8 Å². The van der Waals surface area contributed by atoms with Gasteiger partial charge in [-0.1, -0.05) is 0 Å². The average molecular weight is 393 g/mol. The summed E-state index contributed by atoms with van der Waals surface area (Å²) in [5.74, 6) is -1.16. The quantitative estimate of drug-likeness (QED) is 0.767. The Morgan fingerprint density at radius 2 is 1.75 bits per heavy atom. The number of ether oxygens (including phenoxy) is 6. The standard InChI is InChI=1S/C17H23N5O6/c1-16(2)25-9-7(24-14-11(10(9)26-16)27-17(3,4)28-14)5-23-13-8-12(20-6-19-8)21-15(18)22-13/h6-7,9-11,14H,5H2,1-4H3,(H3,18,19,20,21,22). The van der Waals surface area contributed by atoms with Crippen LogP contribution in [-0.2, 0) is 23.7 Å². The van der Waals surface area contributed by atoms with Crippen LogP contribution in [0.4, 0.5) is 5.95 Å². The van der Waals surface area contributed by atoms with Crippen molar-refractivity contribution in [2.75, 3.05) is 12.3 Å². The second-order valence-electron chi connectivity index (χ2n) is 8.01. The third-order valence-corrected chi connectivity index (χ3v) is 4.90. The Bertz CT molecular complexity index is 901. The molecule has 3 aliphatic heterocycles. The van der Waals surface area contributed by atoms with E-state index >= 15 is 0 Å². The molecule has 0 aliphatic carbocycles. The van der Waals surface area contributed by atoms with Gasteiger partial charge in [-0.2, -0.15) is 9.97 Å². The number of hydrogen-bond acceptors (Lipinski definition) is 10. The van der Waals surface area contributed by atoms with Crippen molar-refractivity contribution in [2.45, 2.75) is 70.0 Å². The number of anilines is 1. The first-order valence-electron chi connectivity index (χ1n) is 9.17. The van der Waals surface area contributed by atoms with Crippen LogP contribution in [0.5, 0.6) is 5.88 Å². The summed E-state index contributed by atoms with van der Waals surface area (Å²) >= 11 is 0. The molecule has 3 N–H and O–H groups in total. The number of H-pyrrole nitrogens is 1. The summed E-state index contributed by atoms with van der Waals surface area (Å²) < 4.78 is 36.1. The molecule has 2 aromatic heterocycles. The van der Waals surface area contributed by atoms with Crippen molar-refractivity contribution in [3.05, 3.63) is 6.33 Å². The molecule has 28 heavy (non-hydrogen) atoms. The first kappa shape index (κ1) is 18.0. The Morgan fingerprint density at radius 3 is 2.57 bits per heavy atom. The third kappa shape index (κ3) is 2.99. The highest BCUT2D eigenvalue weighted by atomic mass is 16.9.